The smallest absolute Gasteiger partial charge is 0.407 e. The standard InChI is InChI=1S/C25H25N3O4/c29-23(30)14-11-21-16-27-24(28-17-21)22-12-9-19(10-13-22)6-4-5-15-26-25(31)32-18-20-7-2-1-3-8-20/h1-3,7-14,16-17H,4-6,15,18H2,(H,26,31)(H,29,30)/b14-11+. The number of nitrogens with one attached hydrogen (secondary N) is 1. The first-order valence-corrected chi connectivity index (χ1v) is 10.4. The Balaban J connectivity index is 1.36. The Morgan fingerprint density at radius 1 is 0.938 bits per heavy atom. The molecule has 0 unspecified atom stereocenters. The number of nitrogens with zero attached hydrogens (tertiary/aromatic N) is 2. The number of carboxylic acid groups (broad SMARTS) is 1. The van der Waals surface area contributed by atoms with Gasteiger partial charge in [0.2, 0.25) is 0 Å². The second-order valence-electron chi connectivity index (χ2n) is 7.15. The van der Waals surface area contributed by atoms with Crippen LogP contribution in [0.1, 0.15) is 29.5 Å². The molecule has 3 rings (SSSR count). The van der Waals surface area contributed by atoms with Gasteiger partial charge in [-0.05, 0) is 36.5 Å². The van der Waals surface area contributed by atoms with E-state index in [4.69, 9.17) is 9.84 Å². The summed E-state index contributed by atoms with van der Waals surface area (Å²) in [5.74, 6) is -0.425. The lowest BCUT2D eigenvalue weighted by atomic mass is 10.1. The van der Waals surface area contributed by atoms with Crippen LogP contribution < -0.4 is 5.32 Å². The molecule has 2 aromatic carbocycles. The van der Waals surface area contributed by atoms with Crippen molar-refractivity contribution in [2.45, 2.75) is 25.9 Å². The number of benzene rings is 2. The van der Waals surface area contributed by atoms with Crippen LogP contribution in [0.3, 0.4) is 0 Å². The molecule has 164 valence electrons. The van der Waals surface area contributed by atoms with Crippen LogP contribution in [0.15, 0.2) is 73.1 Å². The maximum atomic E-state index is 11.7. The molecule has 7 nitrogen and oxygen atoms in total. The lowest BCUT2D eigenvalue weighted by molar-refractivity contribution is -0.131. The Kier molecular flexibility index (Phi) is 8.50. The zero-order valence-corrected chi connectivity index (χ0v) is 17.6. The zero-order chi connectivity index (χ0) is 22.6. The van der Waals surface area contributed by atoms with E-state index in [0.717, 1.165) is 36.5 Å². The molecule has 1 heterocycles. The van der Waals surface area contributed by atoms with Gasteiger partial charge in [-0.1, -0.05) is 54.6 Å². The van der Waals surface area contributed by atoms with Gasteiger partial charge in [0.05, 0.1) is 0 Å². The van der Waals surface area contributed by atoms with E-state index in [1.807, 2.05) is 54.6 Å². The molecule has 2 N–H and O–H groups in total. The fourth-order valence-electron chi connectivity index (χ4n) is 2.98. The maximum Gasteiger partial charge on any atom is 0.407 e. The van der Waals surface area contributed by atoms with Gasteiger partial charge in [0.15, 0.2) is 5.82 Å². The maximum absolute atomic E-state index is 11.7. The van der Waals surface area contributed by atoms with E-state index < -0.39 is 12.1 Å². The van der Waals surface area contributed by atoms with E-state index in [1.54, 1.807) is 12.4 Å². The molecular formula is C25H25N3O4. The molecule has 0 spiro atoms. The molecule has 0 radical (unpaired) electrons. The van der Waals surface area contributed by atoms with Gasteiger partial charge in [0.25, 0.3) is 0 Å². The molecule has 0 saturated carbocycles. The fourth-order valence-corrected chi connectivity index (χ4v) is 2.98. The fraction of sp³-hybridized carbons (Fsp3) is 0.200. The number of carbonyl (C=O) groups excluding carboxylic acids is 1. The molecular weight excluding hydrogens is 406 g/mol. The van der Waals surface area contributed by atoms with Crippen molar-refractivity contribution in [2.75, 3.05) is 6.54 Å². The lowest BCUT2D eigenvalue weighted by Gasteiger charge is -2.07. The summed E-state index contributed by atoms with van der Waals surface area (Å²) in [7, 11) is 0. The average molecular weight is 431 g/mol. The van der Waals surface area contributed by atoms with E-state index in [2.05, 4.69) is 15.3 Å². The highest BCUT2D eigenvalue weighted by atomic mass is 16.5. The molecule has 0 aliphatic carbocycles. The Hall–Kier alpha value is -4.00. The van der Waals surface area contributed by atoms with E-state index in [-0.39, 0.29) is 6.61 Å². The third-order valence-corrected chi connectivity index (χ3v) is 4.68. The monoisotopic (exact) mass is 431 g/mol. The topological polar surface area (TPSA) is 101 Å². The summed E-state index contributed by atoms with van der Waals surface area (Å²) in [5, 5.41) is 11.4. The Morgan fingerprint density at radius 3 is 2.34 bits per heavy atom. The summed E-state index contributed by atoms with van der Waals surface area (Å²) in [4.78, 5) is 30.9. The van der Waals surface area contributed by atoms with Crippen LogP contribution in [0.4, 0.5) is 4.79 Å². The van der Waals surface area contributed by atoms with Crippen molar-refractivity contribution in [3.63, 3.8) is 0 Å². The van der Waals surface area contributed by atoms with E-state index in [1.165, 1.54) is 11.6 Å². The van der Waals surface area contributed by atoms with Crippen molar-refractivity contribution in [1.82, 2.24) is 15.3 Å². The second-order valence-corrected chi connectivity index (χ2v) is 7.15. The van der Waals surface area contributed by atoms with Crippen LogP contribution in [-0.2, 0) is 22.6 Å². The molecule has 0 atom stereocenters. The molecule has 32 heavy (non-hydrogen) atoms. The molecule has 0 aliphatic rings. The van der Waals surface area contributed by atoms with Gasteiger partial charge in [-0.3, -0.25) is 0 Å². The minimum absolute atomic E-state index is 0.268. The molecule has 0 saturated heterocycles. The summed E-state index contributed by atoms with van der Waals surface area (Å²) in [6, 6.07) is 17.6. The first-order chi connectivity index (χ1) is 15.6. The number of aromatic nitrogens is 2. The Labute approximate surface area is 186 Å². The summed E-state index contributed by atoms with van der Waals surface area (Å²) < 4.78 is 5.19. The van der Waals surface area contributed by atoms with Crippen molar-refractivity contribution in [2.24, 2.45) is 0 Å². The third-order valence-electron chi connectivity index (χ3n) is 4.68. The van der Waals surface area contributed by atoms with Crippen molar-refractivity contribution in [3.05, 3.63) is 89.8 Å². The molecule has 0 fully saturated rings. The third kappa shape index (κ3) is 7.68. The highest BCUT2D eigenvalue weighted by Gasteiger charge is 2.04. The molecule has 0 aliphatic heterocycles. The van der Waals surface area contributed by atoms with Gasteiger partial charge < -0.3 is 15.2 Å². The predicted molar refractivity (Wildman–Crippen MR) is 122 cm³/mol. The van der Waals surface area contributed by atoms with Gasteiger partial charge in [-0.2, -0.15) is 0 Å². The minimum atomic E-state index is -1.01. The van der Waals surface area contributed by atoms with Crippen molar-refractivity contribution in [1.29, 1.82) is 0 Å². The van der Waals surface area contributed by atoms with Gasteiger partial charge in [0, 0.05) is 36.1 Å². The number of rotatable bonds is 10. The van der Waals surface area contributed by atoms with Gasteiger partial charge in [-0.15, -0.1) is 0 Å². The first-order valence-electron chi connectivity index (χ1n) is 10.4. The predicted octanol–water partition coefficient (Wildman–Crippen LogP) is 4.49. The SMILES string of the molecule is O=C(O)/C=C/c1cnc(-c2ccc(CCCCNC(=O)OCc3ccccc3)cc2)nc1. The molecule has 1 aromatic heterocycles. The minimum Gasteiger partial charge on any atom is -0.478 e. The van der Waals surface area contributed by atoms with Crippen LogP contribution in [0.25, 0.3) is 17.5 Å². The van der Waals surface area contributed by atoms with E-state index >= 15 is 0 Å². The number of carbonyl (C=O) groups is 2. The number of aryl methyl sites for hydroxylation is 1. The van der Waals surface area contributed by atoms with E-state index in [0.29, 0.717) is 17.9 Å². The zero-order valence-electron chi connectivity index (χ0n) is 17.6. The Morgan fingerprint density at radius 2 is 1.66 bits per heavy atom. The number of hydrogen-bond acceptors (Lipinski definition) is 5. The van der Waals surface area contributed by atoms with Crippen molar-refractivity contribution < 1.29 is 19.4 Å². The van der Waals surface area contributed by atoms with Crippen LogP contribution in [-0.4, -0.2) is 33.7 Å². The number of aliphatic carboxylic acids is 1. The van der Waals surface area contributed by atoms with Crippen LogP contribution in [0.5, 0.6) is 0 Å². The average Bonchev–Trinajstić information content (AvgIpc) is 2.82. The number of carboxylic acids is 1. The molecule has 7 heteroatoms. The van der Waals surface area contributed by atoms with Crippen LogP contribution >= 0.6 is 0 Å². The van der Waals surface area contributed by atoms with Crippen LogP contribution in [0, 0.1) is 0 Å². The van der Waals surface area contributed by atoms with Crippen molar-refractivity contribution in [3.8, 4) is 11.4 Å². The largest absolute Gasteiger partial charge is 0.478 e. The highest BCUT2D eigenvalue weighted by molar-refractivity contribution is 5.85. The highest BCUT2D eigenvalue weighted by Crippen LogP contribution is 2.17. The number of hydrogen-bond donors (Lipinski definition) is 2. The summed E-state index contributed by atoms with van der Waals surface area (Å²) in [6.07, 6.45) is 7.99. The second kappa shape index (κ2) is 12.0. The van der Waals surface area contributed by atoms with Gasteiger partial charge in [0.1, 0.15) is 6.61 Å². The number of alkyl carbamates (subject to hydrolysis) is 1. The number of amides is 1. The quantitative estimate of drug-likeness (QED) is 0.362. The first kappa shape index (κ1) is 22.7. The van der Waals surface area contributed by atoms with Crippen LogP contribution in [0.2, 0.25) is 0 Å². The van der Waals surface area contributed by atoms with E-state index in [9.17, 15) is 9.59 Å². The summed E-state index contributed by atoms with van der Waals surface area (Å²) >= 11 is 0. The Bertz CT molecular complexity index is 1030. The molecule has 3 aromatic rings. The summed E-state index contributed by atoms with van der Waals surface area (Å²) in [5.41, 5.74) is 3.68. The lowest BCUT2D eigenvalue weighted by Crippen LogP contribution is -2.25. The van der Waals surface area contributed by atoms with Crippen molar-refractivity contribution >= 4 is 18.1 Å². The summed E-state index contributed by atoms with van der Waals surface area (Å²) in [6.45, 7) is 0.840. The van der Waals surface area contributed by atoms with Gasteiger partial charge in [-0.25, -0.2) is 19.6 Å². The van der Waals surface area contributed by atoms with Gasteiger partial charge >= 0.3 is 12.1 Å². The normalized spacial score (nSPS) is 10.8. The molecule has 0 bridgehead atoms. The molecule has 1 amide bonds. The number of ether oxygens (including phenoxy) is 1. The number of unbranched alkanes of at least 4 members (excludes halogenated alkanes) is 1.